The number of fused-ring (bicyclic) bond motifs is 1. The lowest BCUT2D eigenvalue weighted by Crippen LogP contribution is -2.31. The summed E-state index contributed by atoms with van der Waals surface area (Å²) in [4.78, 5) is 12.6. The Labute approximate surface area is 168 Å². The van der Waals surface area contributed by atoms with Crippen LogP contribution in [0.2, 0.25) is 0 Å². The molecule has 148 valence electrons. The van der Waals surface area contributed by atoms with E-state index in [2.05, 4.69) is 62.2 Å². The second-order valence-corrected chi connectivity index (χ2v) is 8.10. The zero-order chi connectivity index (χ0) is 20.1. The van der Waals surface area contributed by atoms with Crippen molar-refractivity contribution >= 4 is 16.7 Å². The van der Waals surface area contributed by atoms with Crippen molar-refractivity contribution < 1.29 is 9.90 Å². The van der Waals surface area contributed by atoms with Gasteiger partial charge in [-0.3, -0.25) is 4.79 Å². The smallest absolute Gasteiger partial charge is 0.224 e. The molecule has 2 aromatic carbocycles. The Hall–Kier alpha value is -2.31. The molecule has 0 radical (unpaired) electrons. The number of hydrogen-bond acceptors (Lipinski definition) is 2. The summed E-state index contributed by atoms with van der Waals surface area (Å²) in [5.41, 5.74) is 2.16. The molecular formula is C25H31NO2. The summed E-state index contributed by atoms with van der Waals surface area (Å²) in [7, 11) is 0. The first-order valence-corrected chi connectivity index (χ1v) is 10.5. The average Bonchev–Trinajstić information content (AvgIpc) is 3.04. The van der Waals surface area contributed by atoms with Crippen LogP contribution in [0.25, 0.3) is 10.8 Å². The number of benzene rings is 2. The van der Waals surface area contributed by atoms with Crippen molar-refractivity contribution in [3.05, 3.63) is 47.5 Å². The van der Waals surface area contributed by atoms with Gasteiger partial charge in [-0.25, -0.2) is 0 Å². The van der Waals surface area contributed by atoms with Gasteiger partial charge in [0.25, 0.3) is 0 Å². The van der Waals surface area contributed by atoms with Crippen molar-refractivity contribution in [2.45, 2.75) is 58.4 Å². The van der Waals surface area contributed by atoms with Crippen LogP contribution in [0.4, 0.5) is 0 Å². The Balaban J connectivity index is 2.03. The minimum Gasteiger partial charge on any atom is -0.394 e. The van der Waals surface area contributed by atoms with E-state index in [1.54, 1.807) is 0 Å². The molecule has 3 nitrogen and oxygen atoms in total. The van der Waals surface area contributed by atoms with Crippen LogP contribution < -0.4 is 5.32 Å². The van der Waals surface area contributed by atoms with Crippen molar-refractivity contribution in [3.8, 4) is 11.8 Å². The summed E-state index contributed by atoms with van der Waals surface area (Å²) >= 11 is 0. The SMILES string of the molecule is CCCCCC#Cc1ccc([C@H]2[C@@H](C(C)C)C(=O)N[C@@H]2CO)c2ccccc12. The molecule has 0 aliphatic carbocycles. The third kappa shape index (κ3) is 4.08. The first kappa shape index (κ1) is 20.4. The van der Waals surface area contributed by atoms with E-state index in [-0.39, 0.29) is 36.3 Å². The minimum atomic E-state index is -0.241. The Kier molecular flexibility index (Phi) is 6.75. The number of aliphatic hydroxyl groups excluding tert-OH is 1. The molecule has 0 spiro atoms. The maximum Gasteiger partial charge on any atom is 0.224 e. The number of unbranched alkanes of at least 4 members (excludes halogenated alkanes) is 3. The Morgan fingerprint density at radius 3 is 2.54 bits per heavy atom. The third-order valence-corrected chi connectivity index (χ3v) is 5.81. The molecule has 3 heteroatoms. The van der Waals surface area contributed by atoms with E-state index in [9.17, 15) is 9.90 Å². The predicted molar refractivity (Wildman–Crippen MR) is 115 cm³/mol. The second-order valence-electron chi connectivity index (χ2n) is 8.10. The minimum absolute atomic E-state index is 0.0334. The molecule has 3 atom stereocenters. The van der Waals surface area contributed by atoms with Crippen LogP contribution in [0, 0.1) is 23.7 Å². The summed E-state index contributed by atoms with van der Waals surface area (Å²) in [6, 6.07) is 12.2. The summed E-state index contributed by atoms with van der Waals surface area (Å²) in [5, 5.41) is 15.2. The molecule has 0 bridgehead atoms. The van der Waals surface area contributed by atoms with Crippen LogP contribution in [-0.2, 0) is 4.79 Å². The number of carbonyl (C=O) groups excluding carboxylic acids is 1. The van der Waals surface area contributed by atoms with Crippen LogP contribution in [-0.4, -0.2) is 23.7 Å². The number of nitrogens with one attached hydrogen (secondary N) is 1. The molecule has 1 aliphatic rings. The lowest BCUT2D eigenvalue weighted by Gasteiger charge is -2.26. The molecule has 1 fully saturated rings. The normalized spacial score (nSPS) is 21.6. The monoisotopic (exact) mass is 377 g/mol. The van der Waals surface area contributed by atoms with Crippen molar-refractivity contribution in [1.29, 1.82) is 0 Å². The van der Waals surface area contributed by atoms with Gasteiger partial charge in [-0.1, -0.05) is 75.8 Å². The highest BCUT2D eigenvalue weighted by Crippen LogP contribution is 2.41. The lowest BCUT2D eigenvalue weighted by atomic mass is 9.76. The van der Waals surface area contributed by atoms with Gasteiger partial charge in [0.1, 0.15) is 0 Å². The van der Waals surface area contributed by atoms with Crippen molar-refractivity contribution in [1.82, 2.24) is 5.32 Å². The maximum absolute atomic E-state index is 12.6. The molecule has 0 aromatic heterocycles. The first-order valence-electron chi connectivity index (χ1n) is 10.5. The van der Waals surface area contributed by atoms with Gasteiger partial charge in [0.05, 0.1) is 12.6 Å². The van der Waals surface area contributed by atoms with E-state index in [1.807, 2.05) is 12.1 Å². The molecule has 1 aliphatic heterocycles. The van der Waals surface area contributed by atoms with Gasteiger partial charge in [0.15, 0.2) is 0 Å². The third-order valence-electron chi connectivity index (χ3n) is 5.81. The summed E-state index contributed by atoms with van der Waals surface area (Å²) in [6.07, 6.45) is 4.49. The van der Waals surface area contributed by atoms with E-state index >= 15 is 0 Å². The summed E-state index contributed by atoms with van der Waals surface area (Å²) < 4.78 is 0. The van der Waals surface area contributed by atoms with Crippen molar-refractivity contribution in [2.75, 3.05) is 6.61 Å². The highest BCUT2D eigenvalue weighted by atomic mass is 16.3. The Bertz CT molecular complexity index is 890. The summed E-state index contributed by atoms with van der Waals surface area (Å²) in [6.45, 7) is 6.31. The highest BCUT2D eigenvalue weighted by molar-refractivity contribution is 5.93. The van der Waals surface area contributed by atoms with Gasteiger partial charge in [-0.05, 0) is 34.7 Å². The van der Waals surface area contributed by atoms with E-state index in [4.69, 9.17) is 0 Å². The first-order chi connectivity index (χ1) is 13.6. The number of amides is 1. The van der Waals surface area contributed by atoms with Crippen molar-refractivity contribution in [2.24, 2.45) is 11.8 Å². The van der Waals surface area contributed by atoms with Crippen LogP contribution in [0.15, 0.2) is 36.4 Å². The van der Waals surface area contributed by atoms with Crippen LogP contribution in [0.5, 0.6) is 0 Å². The Morgan fingerprint density at radius 2 is 1.86 bits per heavy atom. The summed E-state index contributed by atoms with van der Waals surface area (Å²) in [5.74, 6) is 6.75. The molecule has 1 saturated heterocycles. The van der Waals surface area contributed by atoms with Gasteiger partial charge in [-0.2, -0.15) is 0 Å². The fourth-order valence-corrected chi connectivity index (χ4v) is 4.41. The van der Waals surface area contributed by atoms with Gasteiger partial charge in [0.2, 0.25) is 5.91 Å². The van der Waals surface area contributed by atoms with E-state index in [0.717, 1.165) is 34.7 Å². The van der Waals surface area contributed by atoms with E-state index in [1.165, 1.54) is 12.8 Å². The molecule has 28 heavy (non-hydrogen) atoms. The van der Waals surface area contributed by atoms with Gasteiger partial charge >= 0.3 is 0 Å². The maximum atomic E-state index is 12.6. The molecule has 3 rings (SSSR count). The highest BCUT2D eigenvalue weighted by Gasteiger charge is 2.44. The van der Waals surface area contributed by atoms with E-state index < -0.39 is 0 Å². The molecular weight excluding hydrogens is 346 g/mol. The molecule has 1 amide bonds. The molecule has 2 aromatic rings. The van der Waals surface area contributed by atoms with Crippen molar-refractivity contribution in [3.63, 3.8) is 0 Å². The number of aliphatic hydroxyl groups is 1. The largest absolute Gasteiger partial charge is 0.394 e. The zero-order valence-corrected chi connectivity index (χ0v) is 17.2. The number of carbonyl (C=O) groups is 1. The van der Waals surface area contributed by atoms with Gasteiger partial charge < -0.3 is 10.4 Å². The molecule has 0 saturated carbocycles. The van der Waals surface area contributed by atoms with Gasteiger partial charge in [-0.15, -0.1) is 0 Å². The fraction of sp³-hybridized carbons (Fsp3) is 0.480. The number of rotatable bonds is 6. The topological polar surface area (TPSA) is 49.3 Å². The number of hydrogen-bond donors (Lipinski definition) is 2. The van der Waals surface area contributed by atoms with Crippen LogP contribution >= 0.6 is 0 Å². The molecule has 1 heterocycles. The van der Waals surface area contributed by atoms with Crippen LogP contribution in [0.3, 0.4) is 0 Å². The van der Waals surface area contributed by atoms with Gasteiger partial charge in [0, 0.05) is 23.8 Å². The lowest BCUT2D eigenvalue weighted by molar-refractivity contribution is -0.123. The quantitative estimate of drug-likeness (QED) is 0.570. The standard InChI is InChI=1S/C25H31NO2/c1-4-5-6-7-8-11-18-14-15-21(20-13-10-9-12-19(18)20)24-22(16-27)26-25(28)23(24)17(2)3/h9-10,12-15,17,22-24,27H,4-7,16H2,1-3H3,(H,26,28)/t22-,23-,24-/m1/s1. The van der Waals surface area contributed by atoms with E-state index in [0.29, 0.717) is 0 Å². The zero-order valence-electron chi connectivity index (χ0n) is 17.2. The molecule has 2 N–H and O–H groups in total. The van der Waals surface area contributed by atoms with Crippen LogP contribution in [0.1, 0.15) is 63.5 Å². The predicted octanol–water partition coefficient (Wildman–Crippen LogP) is 4.62. The molecule has 0 unspecified atom stereocenters. The Morgan fingerprint density at radius 1 is 1.11 bits per heavy atom. The average molecular weight is 378 g/mol. The fourth-order valence-electron chi connectivity index (χ4n) is 4.41. The second kappa shape index (κ2) is 9.26.